The lowest BCUT2D eigenvalue weighted by molar-refractivity contribution is 0.262. The quantitative estimate of drug-likeness (QED) is 0.655. The number of amides is 2. The van der Waals surface area contributed by atoms with Crippen LogP contribution in [0, 0.1) is 6.92 Å². The maximum absolute atomic E-state index is 12.4. The smallest absolute Gasteiger partial charge is 0.323 e. The highest BCUT2D eigenvalue weighted by atomic mass is 32.2. The molecule has 0 radical (unpaired) electrons. The summed E-state index contributed by atoms with van der Waals surface area (Å²) >= 11 is 0. The molecule has 1 heterocycles. The van der Waals surface area contributed by atoms with Gasteiger partial charge in [-0.2, -0.15) is 0 Å². The first-order chi connectivity index (χ1) is 13.9. The van der Waals surface area contributed by atoms with Crippen molar-refractivity contribution in [2.75, 3.05) is 33.8 Å². The van der Waals surface area contributed by atoms with E-state index in [2.05, 4.69) is 17.6 Å². The highest BCUT2D eigenvalue weighted by Gasteiger charge is 2.28. The Balaban J connectivity index is 1.64. The molecule has 29 heavy (non-hydrogen) atoms. The Morgan fingerprint density at radius 2 is 1.90 bits per heavy atom. The number of rotatable bonds is 7. The average molecular weight is 418 g/mol. The van der Waals surface area contributed by atoms with Gasteiger partial charge in [-0.05, 0) is 61.7 Å². The van der Waals surface area contributed by atoms with E-state index in [-0.39, 0.29) is 5.75 Å². The summed E-state index contributed by atoms with van der Waals surface area (Å²) in [5.74, 6) is 0.919. The maximum Gasteiger partial charge on any atom is 0.323 e. The van der Waals surface area contributed by atoms with E-state index in [1.54, 1.807) is 30.3 Å². The predicted molar refractivity (Wildman–Crippen MR) is 116 cm³/mol. The monoisotopic (exact) mass is 417 g/mol. The SMILES string of the molecule is CCCCOc1ccc(NC(=O)Nc2cc(N3CCCS3(=O)=O)ccc2C)cc1. The zero-order valence-electron chi connectivity index (χ0n) is 16.8. The highest BCUT2D eigenvalue weighted by molar-refractivity contribution is 7.93. The van der Waals surface area contributed by atoms with E-state index >= 15 is 0 Å². The number of nitrogens with one attached hydrogen (secondary N) is 2. The van der Waals surface area contributed by atoms with Crippen LogP contribution in [0.3, 0.4) is 0 Å². The molecule has 0 aliphatic carbocycles. The van der Waals surface area contributed by atoms with E-state index in [0.717, 1.165) is 24.2 Å². The number of hydrogen-bond donors (Lipinski definition) is 2. The number of carbonyl (C=O) groups is 1. The summed E-state index contributed by atoms with van der Waals surface area (Å²) < 4.78 is 31.3. The van der Waals surface area contributed by atoms with Gasteiger partial charge in [0.2, 0.25) is 10.0 Å². The van der Waals surface area contributed by atoms with Gasteiger partial charge < -0.3 is 15.4 Å². The zero-order valence-corrected chi connectivity index (χ0v) is 17.6. The van der Waals surface area contributed by atoms with Crippen molar-refractivity contribution in [1.29, 1.82) is 0 Å². The van der Waals surface area contributed by atoms with Crippen LogP contribution in [-0.4, -0.2) is 33.4 Å². The van der Waals surface area contributed by atoms with E-state index in [4.69, 9.17) is 4.74 Å². The van der Waals surface area contributed by atoms with Crippen LogP contribution >= 0.6 is 0 Å². The van der Waals surface area contributed by atoms with Crippen molar-refractivity contribution in [2.45, 2.75) is 33.1 Å². The van der Waals surface area contributed by atoms with Crippen LogP contribution in [-0.2, 0) is 10.0 Å². The minimum Gasteiger partial charge on any atom is -0.494 e. The van der Waals surface area contributed by atoms with Gasteiger partial charge in [0.05, 0.1) is 18.0 Å². The lowest BCUT2D eigenvalue weighted by Gasteiger charge is -2.19. The second kappa shape index (κ2) is 9.17. The molecule has 1 fully saturated rings. The summed E-state index contributed by atoms with van der Waals surface area (Å²) in [5.41, 5.74) is 2.63. The molecule has 0 aromatic heterocycles. The molecule has 2 aromatic rings. The molecule has 2 aromatic carbocycles. The van der Waals surface area contributed by atoms with Crippen molar-refractivity contribution < 1.29 is 17.9 Å². The third-order valence-corrected chi connectivity index (χ3v) is 6.60. The molecular formula is C21H27N3O4S. The summed E-state index contributed by atoms with van der Waals surface area (Å²) in [6.07, 6.45) is 2.68. The lowest BCUT2D eigenvalue weighted by atomic mass is 10.2. The van der Waals surface area contributed by atoms with Crippen LogP contribution in [0.15, 0.2) is 42.5 Å². The van der Waals surface area contributed by atoms with Gasteiger partial charge >= 0.3 is 6.03 Å². The minimum atomic E-state index is -3.27. The number of benzene rings is 2. The molecule has 0 unspecified atom stereocenters. The molecule has 3 rings (SSSR count). The first-order valence-corrected chi connectivity index (χ1v) is 11.4. The zero-order chi connectivity index (χ0) is 20.9. The number of ether oxygens (including phenoxy) is 1. The van der Waals surface area contributed by atoms with Crippen molar-refractivity contribution in [3.63, 3.8) is 0 Å². The molecule has 0 bridgehead atoms. The van der Waals surface area contributed by atoms with Crippen LogP contribution in [0.4, 0.5) is 21.9 Å². The summed E-state index contributed by atoms with van der Waals surface area (Å²) in [6, 6.07) is 12.1. The van der Waals surface area contributed by atoms with Crippen molar-refractivity contribution >= 4 is 33.1 Å². The number of nitrogens with zero attached hydrogens (tertiary/aromatic N) is 1. The van der Waals surface area contributed by atoms with Gasteiger partial charge in [0.1, 0.15) is 5.75 Å². The van der Waals surface area contributed by atoms with E-state index in [0.29, 0.717) is 36.6 Å². The molecule has 1 aliphatic rings. The lowest BCUT2D eigenvalue weighted by Crippen LogP contribution is -2.25. The summed E-state index contributed by atoms with van der Waals surface area (Å²) in [5, 5.41) is 5.58. The molecule has 2 amide bonds. The highest BCUT2D eigenvalue weighted by Crippen LogP contribution is 2.28. The van der Waals surface area contributed by atoms with Gasteiger partial charge in [0.15, 0.2) is 0 Å². The first-order valence-electron chi connectivity index (χ1n) is 9.81. The Hall–Kier alpha value is -2.74. The van der Waals surface area contributed by atoms with Gasteiger partial charge in [-0.15, -0.1) is 0 Å². The third-order valence-electron chi connectivity index (χ3n) is 4.74. The van der Waals surface area contributed by atoms with Crippen molar-refractivity contribution in [3.8, 4) is 5.75 Å². The number of sulfonamides is 1. The molecule has 1 aliphatic heterocycles. The topological polar surface area (TPSA) is 87.7 Å². The number of anilines is 3. The minimum absolute atomic E-state index is 0.155. The van der Waals surface area contributed by atoms with Crippen LogP contribution < -0.4 is 19.7 Å². The molecule has 8 heteroatoms. The largest absolute Gasteiger partial charge is 0.494 e. The Labute approximate surface area is 172 Å². The van der Waals surface area contributed by atoms with Crippen LogP contribution in [0.25, 0.3) is 0 Å². The Morgan fingerprint density at radius 1 is 1.14 bits per heavy atom. The number of urea groups is 1. The fourth-order valence-corrected chi connectivity index (χ4v) is 4.64. The van der Waals surface area contributed by atoms with Crippen molar-refractivity contribution in [2.24, 2.45) is 0 Å². The van der Waals surface area contributed by atoms with E-state index in [1.165, 1.54) is 4.31 Å². The van der Waals surface area contributed by atoms with Crippen LogP contribution in [0.5, 0.6) is 5.75 Å². The molecule has 156 valence electrons. The maximum atomic E-state index is 12.4. The first kappa shape index (κ1) is 21.0. The van der Waals surface area contributed by atoms with Gasteiger partial charge in [-0.3, -0.25) is 4.31 Å². The second-order valence-corrected chi connectivity index (χ2v) is 9.06. The summed E-state index contributed by atoms with van der Waals surface area (Å²) in [6.45, 7) is 5.10. The molecular weight excluding hydrogens is 390 g/mol. The summed E-state index contributed by atoms with van der Waals surface area (Å²) in [7, 11) is -3.27. The van der Waals surface area contributed by atoms with Gasteiger partial charge in [0.25, 0.3) is 0 Å². The third kappa shape index (κ3) is 5.41. The fourth-order valence-electron chi connectivity index (χ4n) is 3.08. The Bertz CT molecular complexity index is 958. The van der Waals surface area contributed by atoms with E-state index < -0.39 is 16.1 Å². The summed E-state index contributed by atoms with van der Waals surface area (Å²) in [4.78, 5) is 12.4. The fraction of sp³-hybridized carbons (Fsp3) is 0.381. The molecule has 0 saturated carbocycles. The second-order valence-electron chi connectivity index (χ2n) is 7.05. The molecule has 0 atom stereocenters. The molecule has 0 spiro atoms. The normalized spacial score (nSPS) is 15.2. The average Bonchev–Trinajstić information content (AvgIpc) is 3.04. The predicted octanol–water partition coefficient (Wildman–Crippen LogP) is 4.36. The number of hydrogen-bond acceptors (Lipinski definition) is 4. The van der Waals surface area contributed by atoms with Crippen LogP contribution in [0.2, 0.25) is 0 Å². The van der Waals surface area contributed by atoms with Crippen LogP contribution in [0.1, 0.15) is 31.7 Å². The van der Waals surface area contributed by atoms with Gasteiger partial charge in [-0.25, -0.2) is 13.2 Å². The Kier molecular flexibility index (Phi) is 6.64. The Morgan fingerprint density at radius 3 is 2.55 bits per heavy atom. The number of carbonyl (C=O) groups excluding carboxylic acids is 1. The van der Waals surface area contributed by atoms with E-state index in [1.807, 2.05) is 19.1 Å². The van der Waals surface area contributed by atoms with Gasteiger partial charge in [0, 0.05) is 17.9 Å². The van der Waals surface area contributed by atoms with E-state index in [9.17, 15) is 13.2 Å². The number of unbranched alkanes of at least 4 members (excludes halogenated alkanes) is 1. The molecule has 2 N–H and O–H groups in total. The van der Waals surface area contributed by atoms with Crippen molar-refractivity contribution in [3.05, 3.63) is 48.0 Å². The molecule has 7 nitrogen and oxygen atoms in total. The van der Waals surface area contributed by atoms with Gasteiger partial charge in [-0.1, -0.05) is 19.4 Å². The molecule has 1 saturated heterocycles. The standard InChI is InChI=1S/C21H27N3O4S/c1-3-4-13-28-19-10-7-17(8-11-19)22-21(25)23-20-15-18(9-6-16(20)2)24-12-5-14-29(24,26)27/h6-11,15H,3-5,12-14H2,1-2H3,(H2,22,23,25). The van der Waals surface area contributed by atoms with Crippen molar-refractivity contribution in [1.82, 2.24) is 0 Å². The number of aryl methyl sites for hydroxylation is 1.